The molecule has 0 aliphatic carbocycles. The van der Waals surface area contributed by atoms with Crippen LogP contribution in [0.4, 0.5) is 11.4 Å². The second-order valence-electron chi connectivity index (χ2n) is 2.39. The van der Waals surface area contributed by atoms with Gasteiger partial charge in [0.1, 0.15) is 5.88 Å². The summed E-state index contributed by atoms with van der Waals surface area (Å²) < 4.78 is 0. The van der Waals surface area contributed by atoms with Gasteiger partial charge < -0.3 is 5.73 Å². The highest BCUT2D eigenvalue weighted by molar-refractivity contribution is 6.27. The summed E-state index contributed by atoms with van der Waals surface area (Å²) in [5, 5.41) is 0. The molecule has 1 rings (SSSR count). The Balaban J connectivity index is 2.54. The molecule has 1 aromatic rings. The van der Waals surface area contributed by atoms with Gasteiger partial charge in [0.2, 0.25) is 0 Å². The Morgan fingerprint density at radius 1 is 1.46 bits per heavy atom. The van der Waals surface area contributed by atoms with E-state index in [2.05, 4.69) is 10.9 Å². The smallest absolute Gasteiger partial charge is 0.253 e. The molecule has 0 fully saturated rings. The van der Waals surface area contributed by atoms with E-state index in [1.54, 1.807) is 12.1 Å². The molecule has 0 aromatic heterocycles. The zero-order valence-corrected chi connectivity index (χ0v) is 7.64. The van der Waals surface area contributed by atoms with Crippen LogP contribution in [0.1, 0.15) is 0 Å². The third-order valence-electron chi connectivity index (χ3n) is 1.42. The molecule has 0 aliphatic rings. The molecule has 13 heavy (non-hydrogen) atoms. The number of rotatable bonds is 3. The minimum absolute atomic E-state index is 0.0836. The van der Waals surface area contributed by atoms with Gasteiger partial charge in [0, 0.05) is 0 Å². The number of halogens is 1. The van der Waals surface area contributed by atoms with E-state index in [0.717, 1.165) is 0 Å². The number of hydrogen-bond acceptors (Lipinski definition) is 3. The molecule has 0 unspecified atom stereocenters. The summed E-state index contributed by atoms with van der Waals surface area (Å²) in [5.74, 6) is -0.385. The molecule has 1 amide bonds. The molecule has 1 aromatic carbocycles. The Labute approximate surface area is 81.0 Å². The van der Waals surface area contributed by atoms with E-state index >= 15 is 0 Å². The van der Waals surface area contributed by atoms with E-state index in [-0.39, 0.29) is 11.8 Å². The minimum Gasteiger partial charge on any atom is -0.397 e. The average Bonchev–Trinajstić information content (AvgIpc) is 2.16. The van der Waals surface area contributed by atoms with E-state index in [0.29, 0.717) is 11.4 Å². The van der Waals surface area contributed by atoms with Crippen LogP contribution in [-0.2, 0) is 4.79 Å². The summed E-state index contributed by atoms with van der Waals surface area (Å²) in [7, 11) is 0. The fourth-order valence-electron chi connectivity index (χ4n) is 0.781. The molecule has 0 bridgehead atoms. The zero-order valence-electron chi connectivity index (χ0n) is 6.88. The molecular weight excluding hydrogens is 190 g/mol. The van der Waals surface area contributed by atoms with Crippen LogP contribution in [0, 0.1) is 0 Å². The molecule has 4 nitrogen and oxygen atoms in total. The molecular formula is C8H10ClN3O. The number of nitrogens with one attached hydrogen (secondary N) is 2. The molecule has 4 N–H and O–H groups in total. The Bertz CT molecular complexity index is 303. The van der Waals surface area contributed by atoms with E-state index in [1.165, 1.54) is 0 Å². The molecule has 5 heteroatoms. The van der Waals surface area contributed by atoms with Crippen molar-refractivity contribution in [2.75, 3.05) is 17.0 Å². The molecule has 70 valence electrons. The molecule has 0 saturated heterocycles. The Morgan fingerprint density at radius 2 is 2.15 bits per heavy atom. The van der Waals surface area contributed by atoms with Gasteiger partial charge in [-0.3, -0.25) is 15.6 Å². The number of hydrazine groups is 1. The molecule has 0 saturated carbocycles. The van der Waals surface area contributed by atoms with Crippen LogP contribution in [0.15, 0.2) is 24.3 Å². The van der Waals surface area contributed by atoms with Crippen molar-refractivity contribution in [2.45, 2.75) is 0 Å². The molecule has 0 radical (unpaired) electrons. The summed E-state index contributed by atoms with van der Waals surface area (Å²) in [6, 6.07) is 7.11. The first-order valence-electron chi connectivity index (χ1n) is 3.69. The summed E-state index contributed by atoms with van der Waals surface area (Å²) in [5.41, 5.74) is 11.9. The van der Waals surface area contributed by atoms with E-state index in [4.69, 9.17) is 17.3 Å². The van der Waals surface area contributed by atoms with Gasteiger partial charge in [0.15, 0.2) is 0 Å². The van der Waals surface area contributed by atoms with Crippen molar-refractivity contribution in [1.82, 2.24) is 5.43 Å². The second-order valence-corrected chi connectivity index (χ2v) is 2.66. The van der Waals surface area contributed by atoms with Gasteiger partial charge >= 0.3 is 0 Å². The summed E-state index contributed by atoms with van der Waals surface area (Å²) in [6.45, 7) is 0. The predicted molar refractivity (Wildman–Crippen MR) is 53.3 cm³/mol. The van der Waals surface area contributed by atoms with Gasteiger partial charge in [-0.05, 0) is 12.1 Å². The summed E-state index contributed by atoms with van der Waals surface area (Å²) in [6.07, 6.45) is 0. The number of para-hydroxylation sites is 2. The molecule has 0 atom stereocenters. The topological polar surface area (TPSA) is 67.2 Å². The SMILES string of the molecule is Nc1ccccc1NNC(=O)CCl. The predicted octanol–water partition coefficient (Wildman–Crippen LogP) is 0.951. The number of amides is 1. The monoisotopic (exact) mass is 199 g/mol. The fourth-order valence-corrected chi connectivity index (χ4v) is 0.848. The number of anilines is 2. The van der Waals surface area contributed by atoms with E-state index in [1.807, 2.05) is 12.1 Å². The summed E-state index contributed by atoms with van der Waals surface area (Å²) >= 11 is 5.27. The highest BCUT2D eigenvalue weighted by atomic mass is 35.5. The van der Waals surface area contributed by atoms with Crippen LogP contribution in [0.3, 0.4) is 0 Å². The van der Waals surface area contributed by atoms with Crippen molar-refractivity contribution in [3.8, 4) is 0 Å². The van der Waals surface area contributed by atoms with Gasteiger partial charge in [-0.1, -0.05) is 12.1 Å². The number of alkyl halides is 1. The highest BCUT2D eigenvalue weighted by Crippen LogP contribution is 2.14. The third kappa shape index (κ3) is 2.83. The van der Waals surface area contributed by atoms with Gasteiger partial charge in [0.05, 0.1) is 11.4 Å². The maximum atomic E-state index is 10.8. The largest absolute Gasteiger partial charge is 0.397 e. The Morgan fingerprint density at radius 3 is 2.77 bits per heavy atom. The quantitative estimate of drug-likeness (QED) is 0.386. The van der Waals surface area contributed by atoms with Crippen LogP contribution in [-0.4, -0.2) is 11.8 Å². The van der Waals surface area contributed by atoms with Gasteiger partial charge in [-0.2, -0.15) is 0 Å². The lowest BCUT2D eigenvalue weighted by Crippen LogP contribution is -2.30. The first-order chi connectivity index (χ1) is 6.24. The maximum absolute atomic E-state index is 10.8. The van der Waals surface area contributed by atoms with E-state index < -0.39 is 0 Å². The van der Waals surface area contributed by atoms with Crippen LogP contribution in [0.25, 0.3) is 0 Å². The van der Waals surface area contributed by atoms with Crippen molar-refractivity contribution in [3.63, 3.8) is 0 Å². The fraction of sp³-hybridized carbons (Fsp3) is 0.125. The number of carbonyl (C=O) groups excluding carboxylic acids is 1. The van der Waals surface area contributed by atoms with Crippen LogP contribution in [0.5, 0.6) is 0 Å². The number of benzene rings is 1. The van der Waals surface area contributed by atoms with E-state index in [9.17, 15) is 4.79 Å². The zero-order chi connectivity index (χ0) is 9.68. The first-order valence-corrected chi connectivity index (χ1v) is 4.23. The maximum Gasteiger partial charge on any atom is 0.253 e. The van der Waals surface area contributed by atoms with Crippen molar-refractivity contribution in [2.24, 2.45) is 0 Å². The van der Waals surface area contributed by atoms with Crippen LogP contribution in [0.2, 0.25) is 0 Å². The number of carbonyl (C=O) groups is 1. The Kier molecular flexibility index (Phi) is 3.40. The average molecular weight is 200 g/mol. The molecule has 0 aliphatic heterocycles. The van der Waals surface area contributed by atoms with Crippen molar-refractivity contribution in [1.29, 1.82) is 0 Å². The van der Waals surface area contributed by atoms with Gasteiger partial charge in [0.25, 0.3) is 5.91 Å². The number of nitrogens with two attached hydrogens (primary N) is 1. The standard InChI is InChI=1S/C8H10ClN3O/c9-5-8(13)12-11-7-4-2-1-3-6(7)10/h1-4,11H,5,10H2,(H,12,13). The lowest BCUT2D eigenvalue weighted by Gasteiger charge is -2.08. The highest BCUT2D eigenvalue weighted by Gasteiger charge is 1.98. The normalized spacial score (nSPS) is 9.31. The Hall–Kier alpha value is -1.42. The van der Waals surface area contributed by atoms with Crippen molar-refractivity contribution < 1.29 is 4.79 Å². The lowest BCUT2D eigenvalue weighted by atomic mass is 10.3. The minimum atomic E-state index is -0.301. The van der Waals surface area contributed by atoms with Crippen LogP contribution < -0.4 is 16.6 Å². The summed E-state index contributed by atoms with van der Waals surface area (Å²) in [4.78, 5) is 10.8. The van der Waals surface area contributed by atoms with Crippen molar-refractivity contribution in [3.05, 3.63) is 24.3 Å². The van der Waals surface area contributed by atoms with Crippen molar-refractivity contribution >= 4 is 28.9 Å². The van der Waals surface area contributed by atoms with Crippen LogP contribution >= 0.6 is 11.6 Å². The number of nitrogen functional groups attached to an aromatic ring is 1. The first kappa shape index (κ1) is 9.67. The molecule has 0 spiro atoms. The third-order valence-corrected chi connectivity index (χ3v) is 1.66. The lowest BCUT2D eigenvalue weighted by molar-refractivity contribution is -0.118. The molecule has 0 heterocycles. The number of hydrogen-bond donors (Lipinski definition) is 3. The van der Waals surface area contributed by atoms with Gasteiger partial charge in [-0.15, -0.1) is 11.6 Å². The second kappa shape index (κ2) is 4.57. The van der Waals surface area contributed by atoms with Gasteiger partial charge in [-0.25, -0.2) is 0 Å².